The van der Waals surface area contributed by atoms with Crippen molar-refractivity contribution in [2.75, 3.05) is 13.1 Å². The van der Waals surface area contributed by atoms with E-state index >= 15 is 4.39 Å². The van der Waals surface area contributed by atoms with Gasteiger partial charge in [-0.3, -0.25) is 19.3 Å². The molecule has 2 atom stereocenters. The predicted octanol–water partition coefficient (Wildman–Crippen LogP) is 3.82. The molecule has 0 aliphatic carbocycles. The van der Waals surface area contributed by atoms with Crippen LogP contribution in [0.3, 0.4) is 0 Å². The zero-order valence-electron chi connectivity index (χ0n) is 18.6. The molecule has 0 spiro atoms. The molecule has 5 rings (SSSR count). The highest BCUT2D eigenvalue weighted by atomic mass is 19.1. The summed E-state index contributed by atoms with van der Waals surface area (Å²) in [4.78, 5) is 50.9. The number of fused-ring (bicyclic) bond motifs is 1. The van der Waals surface area contributed by atoms with Crippen molar-refractivity contribution >= 4 is 17.7 Å². The summed E-state index contributed by atoms with van der Waals surface area (Å²) in [5.41, 5.74) is 0.941. The van der Waals surface area contributed by atoms with Gasteiger partial charge in [0.2, 0.25) is 0 Å². The first-order valence-corrected chi connectivity index (χ1v) is 11.3. The molecule has 0 bridgehead atoms. The topological polar surface area (TPSA) is 83.5 Å². The molecule has 2 aliphatic heterocycles. The molecule has 7 nitrogen and oxygen atoms in total. The largest absolute Gasteiger partial charge is 0.333 e. The Bertz CT molecular complexity index is 1250. The van der Waals surface area contributed by atoms with Crippen LogP contribution in [0.15, 0.2) is 60.9 Å². The SMILES string of the molecule is C[C@@H]1CCCN(C(=O)c2c(F)cccc2-c2ncccn2)C1CN1C(=O)c2ccccc2C1=O. The lowest BCUT2D eigenvalue weighted by molar-refractivity contribution is 0.0366. The second kappa shape index (κ2) is 8.78. The molecule has 8 heteroatoms. The van der Waals surface area contributed by atoms with Gasteiger partial charge in [0.15, 0.2) is 5.82 Å². The van der Waals surface area contributed by atoms with Crippen LogP contribution in [0.25, 0.3) is 11.4 Å². The van der Waals surface area contributed by atoms with E-state index < -0.39 is 17.8 Å². The Hall–Kier alpha value is -3.94. The summed E-state index contributed by atoms with van der Waals surface area (Å²) in [7, 11) is 0. The Morgan fingerprint density at radius 2 is 1.62 bits per heavy atom. The van der Waals surface area contributed by atoms with E-state index in [1.54, 1.807) is 41.3 Å². The van der Waals surface area contributed by atoms with Crippen LogP contribution in [0.4, 0.5) is 4.39 Å². The summed E-state index contributed by atoms with van der Waals surface area (Å²) in [6, 6.07) is 12.3. The Labute approximate surface area is 196 Å². The van der Waals surface area contributed by atoms with Gasteiger partial charge in [-0.15, -0.1) is 0 Å². The van der Waals surface area contributed by atoms with Gasteiger partial charge in [0.1, 0.15) is 5.82 Å². The fraction of sp³-hybridized carbons (Fsp3) is 0.269. The average molecular weight is 458 g/mol. The Kier molecular flexibility index (Phi) is 5.65. The number of halogens is 1. The van der Waals surface area contributed by atoms with Crippen LogP contribution in [-0.4, -0.2) is 56.6 Å². The fourth-order valence-corrected chi connectivity index (χ4v) is 4.88. The maximum atomic E-state index is 15.1. The van der Waals surface area contributed by atoms with Crippen molar-refractivity contribution in [3.63, 3.8) is 0 Å². The number of nitrogens with zero attached hydrogens (tertiary/aromatic N) is 4. The van der Waals surface area contributed by atoms with E-state index in [0.29, 0.717) is 23.2 Å². The Balaban J connectivity index is 1.49. The van der Waals surface area contributed by atoms with Crippen molar-refractivity contribution in [1.82, 2.24) is 19.8 Å². The first-order chi connectivity index (χ1) is 16.5. The molecule has 2 aromatic carbocycles. The molecule has 3 aromatic rings. The number of carbonyl (C=O) groups is 3. The highest BCUT2D eigenvalue weighted by Crippen LogP contribution is 2.32. The third kappa shape index (κ3) is 3.65. The van der Waals surface area contributed by atoms with Crippen LogP contribution in [0.5, 0.6) is 0 Å². The summed E-state index contributed by atoms with van der Waals surface area (Å²) < 4.78 is 15.1. The number of rotatable bonds is 4. The van der Waals surface area contributed by atoms with Crippen molar-refractivity contribution in [1.29, 1.82) is 0 Å². The van der Waals surface area contributed by atoms with E-state index in [4.69, 9.17) is 0 Å². The molecule has 3 heterocycles. The monoisotopic (exact) mass is 458 g/mol. The number of likely N-dealkylation sites (tertiary alicyclic amines) is 1. The van der Waals surface area contributed by atoms with Crippen molar-refractivity contribution in [2.24, 2.45) is 5.92 Å². The van der Waals surface area contributed by atoms with Crippen molar-refractivity contribution in [2.45, 2.75) is 25.8 Å². The lowest BCUT2D eigenvalue weighted by Crippen LogP contribution is -2.54. The third-order valence-corrected chi connectivity index (χ3v) is 6.66. The zero-order valence-corrected chi connectivity index (χ0v) is 18.6. The first kappa shape index (κ1) is 21.9. The number of piperidine rings is 1. The van der Waals surface area contributed by atoms with Crippen LogP contribution in [0, 0.1) is 11.7 Å². The molecular formula is C26H23FN4O3. The number of hydrogen-bond donors (Lipinski definition) is 0. The predicted molar refractivity (Wildman–Crippen MR) is 122 cm³/mol. The van der Waals surface area contributed by atoms with E-state index in [-0.39, 0.29) is 35.7 Å². The molecule has 0 radical (unpaired) electrons. The van der Waals surface area contributed by atoms with Gasteiger partial charge >= 0.3 is 0 Å². The molecule has 1 unspecified atom stereocenters. The highest BCUT2D eigenvalue weighted by molar-refractivity contribution is 6.21. The Morgan fingerprint density at radius 3 is 2.29 bits per heavy atom. The molecule has 2 aliphatic rings. The minimum Gasteiger partial charge on any atom is -0.333 e. The summed E-state index contributed by atoms with van der Waals surface area (Å²) in [6.07, 6.45) is 4.66. The van der Waals surface area contributed by atoms with Crippen LogP contribution in [0.2, 0.25) is 0 Å². The number of hydrogen-bond acceptors (Lipinski definition) is 5. The smallest absolute Gasteiger partial charge is 0.261 e. The molecule has 0 N–H and O–H groups in total. The average Bonchev–Trinajstić information content (AvgIpc) is 3.10. The van der Waals surface area contributed by atoms with Crippen LogP contribution in [0.1, 0.15) is 50.8 Å². The summed E-state index contributed by atoms with van der Waals surface area (Å²) in [5, 5.41) is 0. The van der Waals surface area contributed by atoms with Crippen molar-refractivity contribution in [3.05, 3.63) is 83.4 Å². The van der Waals surface area contributed by atoms with Gasteiger partial charge in [0.25, 0.3) is 17.7 Å². The van der Waals surface area contributed by atoms with Gasteiger partial charge in [-0.25, -0.2) is 14.4 Å². The minimum absolute atomic E-state index is 0.0187. The number of carbonyl (C=O) groups excluding carboxylic acids is 3. The van der Waals surface area contributed by atoms with Crippen molar-refractivity contribution < 1.29 is 18.8 Å². The molecule has 1 saturated heterocycles. The molecule has 1 aromatic heterocycles. The van der Waals surface area contributed by atoms with Gasteiger partial charge < -0.3 is 4.90 Å². The minimum atomic E-state index is -0.660. The fourth-order valence-electron chi connectivity index (χ4n) is 4.88. The van der Waals surface area contributed by atoms with Crippen LogP contribution < -0.4 is 0 Å². The summed E-state index contributed by atoms with van der Waals surface area (Å²) in [6.45, 7) is 2.45. The Morgan fingerprint density at radius 1 is 0.971 bits per heavy atom. The number of benzene rings is 2. The van der Waals surface area contributed by atoms with Crippen LogP contribution in [-0.2, 0) is 0 Å². The molecule has 172 valence electrons. The normalized spacial score (nSPS) is 19.9. The highest BCUT2D eigenvalue weighted by Gasteiger charge is 2.41. The third-order valence-electron chi connectivity index (χ3n) is 6.66. The lowest BCUT2D eigenvalue weighted by atomic mass is 9.89. The number of amides is 3. The van der Waals surface area contributed by atoms with E-state index in [1.807, 2.05) is 6.92 Å². The van der Waals surface area contributed by atoms with Gasteiger partial charge in [-0.2, -0.15) is 0 Å². The maximum Gasteiger partial charge on any atom is 0.261 e. The molecular weight excluding hydrogens is 435 g/mol. The van der Waals surface area contributed by atoms with E-state index in [2.05, 4.69) is 9.97 Å². The standard InChI is InChI=1S/C26H23FN4O3/c1-16-7-5-14-30(21(16)15-31-24(32)17-8-2-3-9-18(17)25(31)33)26(34)22-19(10-4-11-20(22)27)23-28-12-6-13-29-23/h2-4,6,8-13,16,21H,5,7,14-15H2,1H3/t16-,21?/m1/s1. The second-order valence-corrected chi connectivity index (χ2v) is 8.69. The van der Waals surface area contributed by atoms with Crippen molar-refractivity contribution in [3.8, 4) is 11.4 Å². The van der Waals surface area contributed by atoms with Crippen LogP contribution >= 0.6 is 0 Å². The molecule has 0 saturated carbocycles. The quantitative estimate of drug-likeness (QED) is 0.555. The maximum absolute atomic E-state index is 15.1. The molecule has 3 amide bonds. The molecule has 1 fully saturated rings. The zero-order chi connectivity index (χ0) is 23.8. The van der Waals surface area contributed by atoms with E-state index in [9.17, 15) is 14.4 Å². The van der Waals surface area contributed by atoms with E-state index in [1.165, 1.54) is 29.4 Å². The van der Waals surface area contributed by atoms with Gasteiger partial charge in [0.05, 0.1) is 29.3 Å². The van der Waals surface area contributed by atoms with E-state index in [0.717, 1.165) is 12.8 Å². The van der Waals surface area contributed by atoms with Gasteiger partial charge in [-0.05, 0) is 43.0 Å². The number of imide groups is 1. The lowest BCUT2D eigenvalue weighted by Gasteiger charge is -2.41. The molecule has 34 heavy (non-hydrogen) atoms. The first-order valence-electron chi connectivity index (χ1n) is 11.3. The second-order valence-electron chi connectivity index (χ2n) is 8.69. The van der Waals surface area contributed by atoms with Gasteiger partial charge in [-0.1, -0.05) is 31.2 Å². The number of aromatic nitrogens is 2. The summed E-state index contributed by atoms with van der Waals surface area (Å²) >= 11 is 0. The summed E-state index contributed by atoms with van der Waals surface area (Å²) in [5.74, 6) is -1.61. The van der Waals surface area contributed by atoms with Gasteiger partial charge in [0, 0.05) is 24.5 Å².